The lowest BCUT2D eigenvalue weighted by molar-refractivity contribution is -0.142. The zero-order valence-electron chi connectivity index (χ0n) is 13.6. The van der Waals surface area contributed by atoms with Crippen LogP contribution in [0.1, 0.15) is 18.4 Å². The molecular formula is C17H19ClN4O3. The Balaban J connectivity index is 1.64. The second-order valence-electron chi connectivity index (χ2n) is 5.98. The maximum atomic E-state index is 12.3. The first-order valence-electron chi connectivity index (χ1n) is 8.06. The Morgan fingerprint density at radius 2 is 2.12 bits per heavy atom. The molecule has 1 amide bonds. The third-order valence-corrected chi connectivity index (χ3v) is 4.63. The fourth-order valence-corrected chi connectivity index (χ4v) is 3.21. The number of likely N-dealkylation sites (tertiary alicyclic amines) is 1. The van der Waals surface area contributed by atoms with Gasteiger partial charge in [0.05, 0.1) is 19.3 Å². The fraction of sp³-hybridized carbons (Fsp3) is 0.353. The molecule has 1 aromatic carbocycles. The predicted molar refractivity (Wildman–Crippen MR) is 93.6 cm³/mol. The van der Waals surface area contributed by atoms with Crippen LogP contribution in [0.25, 0.3) is 0 Å². The Labute approximate surface area is 150 Å². The molecule has 7 nitrogen and oxygen atoms in total. The normalized spacial score (nSPS) is 17.6. The summed E-state index contributed by atoms with van der Waals surface area (Å²) in [7, 11) is 0. The number of halogens is 1. The van der Waals surface area contributed by atoms with E-state index in [1.165, 1.54) is 0 Å². The smallest absolute Gasteiger partial charge is 0.320 e. The highest BCUT2D eigenvalue weighted by Gasteiger charge is 2.31. The first-order valence-corrected chi connectivity index (χ1v) is 8.44. The van der Waals surface area contributed by atoms with E-state index in [1.807, 2.05) is 18.2 Å². The van der Waals surface area contributed by atoms with Gasteiger partial charge in [-0.2, -0.15) is 5.10 Å². The lowest BCUT2D eigenvalue weighted by Crippen LogP contribution is -2.41. The summed E-state index contributed by atoms with van der Waals surface area (Å²) in [4.78, 5) is 25.2. The minimum absolute atomic E-state index is 0.0498. The first kappa shape index (κ1) is 17.4. The van der Waals surface area contributed by atoms with Gasteiger partial charge in [0, 0.05) is 11.1 Å². The van der Waals surface area contributed by atoms with Crippen LogP contribution in [0.3, 0.4) is 0 Å². The molecule has 1 aromatic heterocycles. The van der Waals surface area contributed by atoms with Crippen molar-refractivity contribution in [3.8, 4) is 0 Å². The average Bonchev–Trinajstić information content (AvgIpc) is 3.19. The molecule has 3 rings (SSSR count). The molecule has 0 bridgehead atoms. The fourth-order valence-electron chi connectivity index (χ4n) is 3.01. The highest BCUT2D eigenvalue weighted by molar-refractivity contribution is 6.31. The van der Waals surface area contributed by atoms with Crippen LogP contribution in [0, 0.1) is 0 Å². The number of carboxylic acids is 1. The van der Waals surface area contributed by atoms with Crippen molar-refractivity contribution in [1.29, 1.82) is 0 Å². The van der Waals surface area contributed by atoms with Crippen molar-refractivity contribution >= 4 is 29.3 Å². The topological polar surface area (TPSA) is 87.5 Å². The van der Waals surface area contributed by atoms with E-state index in [2.05, 4.69) is 10.4 Å². The van der Waals surface area contributed by atoms with Gasteiger partial charge in [-0.3, -0.25) is 14.5 Å². The van der Waals surface area contributed by atoms with Crippen LogP contribution in [0.15, 0.2) is 36.5 Å². The molecule has 1 aliphatic heterocycles. The number of benzene rings is 1. The van der Waals surface area contributed by atoms with Gasteiger partial charge in [0.2, 0.25) is 5.91 Å². The Bertz CT molecular complexity index is 777. The van der Waals surface area contributed by atoms with E-state index in [0.29, 0.717) is 30.4 Å². The Hall–Kier alpha value is -2.38. The molecular weight excluding hydrogens is 344 g/mol. The molecule has 1 aliphatic rings. The van der Waals surface area contributed by atoms with Crippen LogP contribution < -0.4 is 5.32 Å². The molecule has 0 saturated carbocycles. The van der Waals surface area contributed by atoms with E-state index in [0.717, 1.165) is 12.0 Å². The predicted octanol–water partition coefficient (Wildman–Crippen LogP) is 2.07. The number of nitrogens with one attached hydrogen (secondary N) is 1. The zero-order valence-corrected chi connectivity index (χ0v) is 14.3. The summed E-state index contributed by atoms with van der Waals surface area (Å²) >= 11 is 6.17. The van der Waals surface area contributed by atoms with Gasteiger partial charge in [-0.1, -0.05) is 29.8 Å². The molecule has 1 saturated heterocycles. The van der Waals surface area contributed by atoms with E-state index < -0.39 is 12.0 Å². The quantitative estimate of drug-likeness (QED) is 0.821. The highest BCUT2D eigenvalue weighted by atomic mass is 35.5. The van der Waals surface area contributed by atoms with Gasteiger partial charge in [0.25, 0.3) is 0 Å². The lowest BCUT2D eigenvalue weighted by atomic mass is 10.2. The van der Waals surface area contributed by atoms with Gasteiger partial charge in [0.1, 0.15) is 11.9 Å². The molecule has 132 valence electrons. The van der Waals surface area contributed by atoms with Crippen LogP contribution in [0.2, 0.25) is 5.02 Å². The van der Waals surface area contributed by atoms with E-state index in [4.69, 9.17) is 11.6 Å². The largest absolute Gasteiger partial charge is 0.480 e. The van der Waals surface area contributed by atoms with Gasteiger partial charge in [0.15, 0.2) is 0 Å². The summed E-state index contributed by atoms with van der Waals surface area (Å²) in [6.45, 7) is 1.10. The van der Waals surface area contributed by atoms with E-state index in [1.54, 1.807) is 27.9 Å². The summed E-state index contributed by atoms with van der Waals surface area (Å²) in [5.41, 5.74) is 0.897. The third kappa shape index (κ3) is 4.18. The summed E-state index contributed by atoms with van der Waals surface area (Å²) in [6.07, 6.45) is 2.96. The molecule has 2 aromatic rings. The van der Waals surface area contributed by atoms with Crippen LogP contribution >= 0.6 is 11.6 Å². The van der Waals surface area contributed by atoms with Gasteiger partial charge in [-0.25, -0.2) is 4.68 Å². The van der Waals surface area contributed by atoms with Gasteiger partial charge in [-0.05, 0) is 31.0 Å². The summed E-state index contributed by atoms with van der Waals surface area (Å²) in [5.74, 6) is -0.584. The number of rotatable bonds is 6. The van der Waals surface area contributed by atoms with Crippen molar-refractivity contribution in [2.45, 2.75) is 25.4 Å². The number of aromatic nitrogens is 2. The van der Waals surface area contributed by atoms with Crippen LogP contribution in [-0.2, 0) is 16.1 Å². The van der Waals surface area contributed by atoms with Crippen molar-refractivity contribution in [3.63, 3.8) is 0 Å². The maximum absolute atomic E-state index is 12.3. The number of nitrogens with zero attached hydrogens (tertiary/aromatic N) is 3. The third-order valence-electron chi connectivity index (χ3n) is 4.26. The summed E-state index contributed by atoms with van der Waals surface area (Å²) in [5, 5.41) is 16.8. The van der Waals surface area contributed by atoms with Gasteiger partial charge in [-0.15, -0.1) is 0 Å². The monoisotopic (exact) mass is 362 g/mol. The van der Waals surface area contributed by atoms with Crippen molar-refractivity contribution < 1.29 is 14.7 Å². The van der Waals surface area contributed by atoms with E-state index in [-0.39, 0.29) is 12.5 Å². The minimum Gasteiger partial charge on any atom is -0.480 e. The summed E-state index contributed by atoms with van der Waals surface area (Å²) in [6, 6.07) is 8.57. The molecule has 1 unspecified atom stereocenters. The lowest BCUT2D eigenvalue weighted by Gasteiger charge is -2.20. The van der Waals surface area contributed by atoms with Crippen LogP contribution in [0.4, 0.5) is 5.82 Å². The number of amides is 1. The number of hydrogen-bond acceptors (Lipinski definition) is 4. The van der Waals surface area contributed by atoms with E-state index >= 15 is 0 Å². The van der Waals surface area contributed by atoms with Gasteiger partial charge < -0.3 is 10.4 Å². The summed E-state index contributed by atoms with van der Waals surface area (Å²) < 4.78 is 1.65. The molecule has 0 aliphatic carbocycles. The molecule has 2 heterocycles. The number of anilines is 1. The van der Waals surface area contributed by atoms with Crippen LogP contribution in [-0.4, -0.2) is 50.8 Å². The zero-order chi connectivity index (χ0) is 17.8. The number of carbonyl (C=O) groups is 2. The van der Waals surface area contributed by atoms with E-state index in [9.17, 15) is 14.7 Å². The molecule has 25 heavy (non-hydrogen) atoms. The second-order valence-corrected chi connectivity index (χ2v) is 6.39. The number of aliphatic carboxylic acids is 1. The maximum Gasteiger partial charge on any atom is 0.320 e. The number of hydrogen-bond donors (Lipinski definition) is 2. The second kappa shape index (κ2) is 7.67. The highest BCUT2D eigenvalue weighted by Crippen LogP contribution is 2.19. The van der Waals surface area contributed by atoms with Crippen molar-refractivity contribution in [2.24, 2.45) is 0 Å². The molecule has 0 spiro atoms. The molecule has 1 atom stereocenters. The SMILES string of the molecule is O=C(CN1CCCC1C(=O)O)Nc1ccnn1Cc1ccccc1Cl. The molecule has 0 radical (unpaired) electrons. The van der Waals surface area contributed by atoms with Gasteiger partial charge >= 0.3 is 5.97 Å². The Morgan fingerprint density at radius 1 is 1.32 bits per heavy atom. The molecule has 1 fully saturated rings. The number of carboxylic acid groups (broad SMARTS) is 1. The Morgan fingerprint density at radius 3 is 2.88 bits per heavy atom. The minimum atomic E-state index is -0.880. The Kier molecular flexibility index (Phi) is 5.35. The number of carbonyl (C=O) groups excluding carboxylic acids is 1. The van der Waals surface area contributed by atoms with Crippen molar-refractivity contribution in [1.82, 2.24) is 14.7 Å². The molecule has 2 N–H and O–H groups in total. The van der Waals surface area contributed by atoms with Crippen molar-refractivity contribution in [3.05, 3.63) is 47.1 Å². The standard InChI is InChI=1S/C17H19ClN4O3/c18-13-5-2-1-4-12(13)10-22-15(7-8-19-22)20-16(23)11-21-9-3-6-14(21)17(24)25/h1-2,4-5,7-8,14H,3,6,9-11H2,(H,20,23)(H,24,25). The van der Waals surface area contributed by atoms with Crippen LogP contribution in [0.5, 0.6) is 0 Å². The van der Waals surface area contributed by atoms with Crippen molar-refractivity contribution in [2.75, 3.05) is 18.4 Å². The molecule has 8 heteroatoms. The average molecular weight is 363 g/mol. The first-order chi connectivity index (χ1) is 12.0.